The molecule has 0 aliphatic rings. The number of methoxy groups -OCH3 is 3. The van der Waals surface area contributed by atoms with Crippen molar-refractivity contribution in [2.24, 2.45) is 0 Å². The van der Waals surface area contributed by atoms with Gasteiger partial charge in [0.25, 0.3) is 5.91 Å². The van der Waals surface area contributed by atoms with Crippen molar-refractivity contribution in [2.45, 2.75) is 13.5 Å². The van der Waals surface area contributed by atoms with Gasteiger partial charge >= 0.3 is 0 Å². The molecule has 0 saturated carbocycles. The third-order valence-corrected chi connectivity index (χ3v) is 3.66. The molecule has 0 fully saturated rings. The molecule has 0 spiro atoms. The second-order valence-electron chi connectivity index (χ2n) is 5.19. The van der Waals surface area contributed by atoms with Gasteiger partial charge in [-0.3, -0.25) is 4.79 Å². The van der Waals surface area contributed by atoms with E-state index in [1.807, 2.05) is 0 Å². The lowest BCUT2D eigenvalue weighted by Gasteiger charge is -2.14. The summed E-state index contributed by atoms with van der Waals surface area (Å²) in [7, 11) is 4.59. The van der Waals surface area contributed by atoms with Crippen LogP contribution in [0.4, 0.5) is 0 Å². The summed E-state index contributed by atoms with van der Waals surface area (Å²) in [6, 6.07) is 8.57. The summed E-state index contributed by atoms with van der Waals surface area (Å²) >= 11 is 0. The number of hydrogen-bond donors (Lipinski definition) is 2. The Labute approximate surface area is 141 Å². The molecule has 6 nitrogen and oxygen atoms in total. The van der Waals surface area contributed by atoms with E-state index >= 15 is 0 Å². The van der Waals surface area contributed by atoms with E-state index in [9.17, 15) is 9.90 Å². The highest BCUT2D eigenvalue weighted by atomic mass is 16.5. The second-order valence-corrected chi connectivity index (χ2v) is 5.19. The highest BCUT2D eigenvalue weighted by molar-refractivity contribution is 5.97. The van der Waals surface area contributed by atoms with Crippen LogP contribution in [-0.4, -0.2) is 32.3 Å². The van der Waals surface area contributed by atoms with Gasteiger partial charge in [-0.2, -0.15) is 0 Å². The van der Waals surface area contributed by atoms with E-state index < -0.39 is 0 Å². The molecule has 1 amide bonds. The van der Waals surface area contributed by atoms with E-state index in [4.69, 9.17) is 14.2 Å². The molecule has 0 bridgehead atoms. The molecule has 2 aromatic carbocycles. The Hall–Kier alpha value is -2.89. The Morgan fingerprint density at radius 2 is 1.71 bits per heavy atom. The van der Waals surface area contributed by atoms with Crippen LogP contribution in [0.1, 0.15) is 21.5 Å². The minimum absolute atomic E-state index is 0.0140. The highest BCUT2D eigenvalue weighted by Crippen LogP contribution is 2.38. The zero-order valence-electron chi connectivity index (χ0n) is 14.2. The Morgan fingerprint density at radius 3 is 2.25 bits per heavy atom. The molecule has 6 heteroatoms. The van der Waals surface area contributed by atoms with Crippen LogP contribution in [0.3, 0.4) is 0 Å². The summed E-state index contributed by atoms with van der Waals surface area (Å²) in [5.41, 5.74) is 1.67. The summed E-state index contributed by atoms with van der Waals surface area (Å²) in [6.45, 7) is 1.99. The third kappa shape index (κ3) is 3.53. The van der Waals surface area contributed by atoms with Crippen LogP contribution in [0.15, 0.2) is 30.3 Å². The normalized spacial score (nSPS) is 10.2. The van der Waals surface area contributed by atoms with Crippen molar-refractivity contribution in [1.29, 1.82) is 0 Å². The van der Waals surface area contributed by atoms with Gasteiger partial charge in [0.15, 0.2) is 11.5 Å². The van der Waals surface area contributed by atoms with Gasteiger partial charge in [0, 0.05) is 6.54 Å². The number of rotatable bonds is 6. The first-order valence-corrected chi connectivity index (χ1v) is 7.37. The van der Waals surface area contributed by atoms with E-state index in [0.29, 0.717) is 22.8 Å². The molecule has 0 radical (unpaired) electrons. The molecule has 0 heterocycles. The fraction of sp³-hybridized carbons (Fsp3) is 0.278. The number of phenols is 1. The number of carbonyl (C=O) groups excluding carboxylic acids is 1. The molecule has 2 rings (SSSR count). The van der Waals surface area contributed by atoms with Crippen molar-refractivity contribution >= 4 is 5.91 Å². The summed E-state index contributed by atoms with van der Waals surface area (Å²) in [6.07, 6.45) is 0. The van der Waals surface area contributed by atoms with E-state index in [0.717, 1.165) is 5.56 Å². The van der Waals surface area contributed by atoms with E-state index in [1.165, 1.54) is 21.3 Å². The molecule has 0 unspecified atom stereocenters. The van der Waals surface area contributed by atoms with Gasteiger partial charge in [0.05, 0.1) is 26.9 Å². The SMILES string of the molecule is COc1cc(CNC(=O)c2cccc(C)c2O)cc(OC)c1OC. The summed E-state index contributed by atoms with van der Waals surface area (Å²) in [4.78, 5) is 12.3. The lowest BCUT2D eigenvalue weighted by Crippen LogP contribution is -2.23. The summed E-state index contributed by atoms with van der Waals surface area (Å²) in [5, 5.41) is 12.8. The first kappa shape index (κ1) is 17.5. The monoisotopic (exact) mass is 331 g/mol. The summed E-state index contributed by atoms with van der Waals surface area (Å²) < 4.78 is 15.8. The minimum Gasteiger partial charge on any atom is -0.507 e. The smallest absolute Gasteiger partial charge is 0.255 e. The number of para-hydroxylation sites is 1. The van der Waals surface area contributed by atoms with Crippen LogP contribution in [0, 0.1) is 6.92 Å². The molecule has 0 aliphatic carbocycles. The van der Waals surface area contributed by atoms with Crippen molar-refractivity contribution < 1.29 is 24.1 Å². The average Bonchev–Trinajstić information content (AvgIpc) is 2.60. The number of benzene rings is 2. The van der Waals surface area contributed by atoms with Crippen molar-refractivity contribution in [1.82, 2.24) is 5.32 Å². The van der Waals surface area contributed by atoms with Crippen LogP contribution in [0.25, 0.3) is 0 Å². The molecule has 0 aliphatic heterocycles. The van der Waals surface area contributed by atoms with Gasteiger partial charge in [-0.15, -0.1) is 0 Å². The quantitative estimate of drug-likeness (QED) is 0.851. The Bertz CT molecular complexity index is 717. The molecule has 128 valence electrons. The maximum Gasteiger partial charge on any atom is 0.255 e. The molecule has 0 aromatic heterocycles. The Balaban J connectivity index is 2.20. The molecule has 0 atom stereocenters. The molecular weight excluding hydrogens is 310 g/mol. The number of carbonyl (C=O) groups is 1. The predicted molar refractivity (Wildman–Crippen MR) is 90.1 cm³/mol. The zero-order valence-corrected chi connectivity index (χ0v) is 14.2. The van der Waals surface area contributed by atoms with Crippen LogP contribution in [0.5, 0.6) is 23.0 Å². The first-order chi connectivity index (χ1) is 11.5. The maximum absolute atomic E-state index is 12.3. The predicted octanol–water partition coefficient (Wildman–Crippen LogP) is 2.66. The number of nitrogens with one attached hydrogen (secondary N) is 1. The van der Waals surface area contributed by atoms with Crippen molar-refractivity contribution in [2.75, 3.05) is 21.3 Å². The number of aryl methyl sites for hydroxylation is 1. The Morgan fingerprint density at radius 1 is 1.08 bits per heavy atom. The maximum atomic E-state index is 12.3. The van der Waals surface area contributed by atoms with Gasteiger partial charge in [-0.25, -0.2) is 0 Å². The fourth-order valence-corrected chi connectivity index (χ4v) is 2.36. The summed E-state index contributed by atoms with van der Waals surface area (Å²) in [5.74, 6) is 1.15. The van der Waals surface area contributed by atoms with Crippen molar-refractivity contribution in [3.63, 3.8) is 0 Å². The number of aromatic hydroxyl groups is 1. The molecule has 24 heavy (non-hydrogen) atoms. The standard InChI is InChI=1S/C18H21NO5/c1-11-6-5-7-13(16(11)20)18(21)19-10-12-8-14(22-2)17(24-4)15(9-12)23-3/h5-9,20H,10H2,1-4H3,(H,19,21). The van der Waals surface area contributed by atoms with Gasteiger partial charge in [-0.1, -0.05) is 12.1 Å². The fourth-order valence-electron chi connectivity index (χ4n) is 2.36. The van der Waals surface area contributed by atoms with Crippen LogP contribution < -0.4 is 19.5 Å². The zero-order chi connectivity index (χ0) is 17.7. The van der Waals surface area contributed by atoms with Gasteiger partial charge in [0.2, 0.25) is 5.75 Å². The van der Waals surface area contributed by atoms with Gasteiger partial charge in [0.1, 0.15) is 5.75 Å². The van der Waals surface area contributed by atoms with Crippen molar-refractivity contribution in [3.8, 4) is 23.0 Å². The lowest BCUT2D eigenvalue weighted by molar-refractivity contribution is 0.0948. The van der Waals surface area contributed by atoms with Crippen molar-refractivity contribution in [3.05, 3.63) is 47.0 Å². The van der Waals surface area contributed by atoms with E-state index in [-0.39, 0.29) is 23.8 Å². The third-order valence-electron chi connectivity index (χ3n) is 3.66. The number of hydrogen-bond acceptors (Lipinski definition) is 5. The molecular formula is C18H21NO5. The van der Waals surface area contributed by atoms with Gasteiger partial charge in [-0.05, 0) is 36.2 Å². The average molecular weight is 331 g/mol. The topological polar surface area (TPSA) is 77.0 Å². The number of ether oxygens (including phenoxy) is 3. The van der Waals surface area contributed by atoms with E-state index in [2.05, 4.69) is 5.32 Å². The Kier molecular flexibility index (Phi) is 5.52. The molecule has 0 saturated heterocycles. The van der Waals surface area contributed by atoms with Crippen LogP contribution in [0.2, 0.25) is 0 Å². The highest BCUT2D eigenvalue weighted by Gasteiger charge is 2.15. The second kappa shape index (κ2) is 7.59. The van der Waals surface area contributed by atoms with Crippen LogP contribution >= 0.6 is 0 Å². The van der Waals surface area contributed by atoms with E-state index in [1.54, 1.807) is 37.3 Å². The first-order valence-electron chi connectivity index (χ1n) is 7.37. The van der Waals surface area contributed by atoms with Crippen LogP contribution in [-0.2, 0) is 6.54 Å². The largest absolute Gasteiger partial charge is 0.507 e. The lowest BCUT2D eigenvalue weighted by atomic mass is 10.1. The number of amides is 1. The van der Waals surface area contributed by atoms with Gasteiger partial charge < -0.3 is 24.6 Å². The number of phenolic OH excluding ortho intramolecular Hbond substituents is 1. The minimum atomic E-state index is -0.357. The molecule has 2 N–H and O–H groups in total. The molecule has 2 aromatic rings.